The fraction of sp³-hybridized carbons (Fsp3) is 0.909. The lowest BCUT2D eigenvalue weighted by Gasteiger charge is -2.25. The van der Waals surface area contributed by atoms with Crippen molar-refractivity contribution >= 4 is 0 Å². The summed E-state index contributed by atoms with van der Waals surface area (Å²) in [6.07, 6.45) is 2.67. The van der Waals surface area contributed by atoms with Gasteiger partial charge in [0, 0.05) is 13.2 Å². The van der Waals surface area contributed by atoms with Gasteiger partial charge in [-0.25, -0.2) is 0 Å². The van der Waals surface area contributed by atoms with Gasteiger partial charge in [-0.1, -0.05) is 13.8 Å². The van der Waals surface area contributed by atoms with E-state index >= 15 is 0 Å². The van der Waals surface area contributed by atoms with Crippen molar-refractivity contribution in [3.8, 4) is 6.07 Å². The first kappa shape index (κ1) is 13.4. The van der Waals surface area contributed by atoms with Gasteiger partial charge in [-0.15, -0.1) is 0 Å². The zero-order chi connectivity index (χ0) is 10.9. The largest absolute Gasteiger partial charge is 0.382 e. The predicted octanol–water partition coefficient (Wildman–Crippen LogP) is 2.08. The van der Waals surface area contributed by atoms with Gasteiger partial charge in [0.15, 0.2) is 0 Å². The molecule has 0 aromatic heterocycles. The van der Waals surface area contributed by atoms with Gasteiger partial charge < -0.3 is 4.74 Å². The fourth-order valence-electron chi connectivity index (χ4n) is 1.52. The van der Waals surface area contributed by atoms with Crippen LogP contribution in [0.15, 0.2) is 0 Å². The molecule has 0 rings (SSSR count). The molecule has 0 spiro atoms. The maximum atomic E-state index is 9.11. The van der Waals surface area contributed by atoms with Crippen LogP contribution in [0.25, 0.3) is 0 Å². The average Bonchev–Trinajstić information content (AvgIpc) is 2.23. The van der Waals surface area contributed by atoms with Gasteiger partial charge in [0.05, 0.1) is 6.07 Å². The molecular formula is C11H22N2O. The van der Waals surface area contributed by atoms with Gasteiger partial charge in [0.2, 0.25) is 0 Å². The van der Waals surface area contributed by atoms with E-state index in [1.54, 1.807) is 0 Å². The molecule has 0 aromatic carbocycles. The first-order valence-electron chi connectivity index (χ1n) is 5.48. The molecule has 3 nitrogen and oxygen atoms in total. The summed E-state index contributed by atoms with van der Waals surface area (Å²) in [7, 11) is 0. The zero-order valence-electron chi connectivity index (χ0n) is 9.60. The Bertz CT molecular complexity index is 177. The monoisotopic (exact) mass is 198 g/mol. The van der Waals surface area contributed by atoms with Crippen LogP contribution in [0, 0.1) is 11.3 Å². The third-order valence-electron chi connectivity index (χ3n) is 2.43. The molecule has 3 heteroatoms. The maximum absolute atomic E-state index is 9.11. The van der Waals surface area contributed by atoms with Crippen molar-refractivity contribution in [1.29, 1.82) is 5.26 Å². The number of hydrogen-bond acceptors (Lipinski definition) is 3. The molecule has 0 aromatic rings. The van der Waals surface area contributed by atoms with Crippen LogP contribution >= 0.6 is 0 Å². The second kappa shape index (κ2) is 7.78. The van der Waals surface area contributed by atoms with E-state index in [4.69, 9.17) is 10.00 Å². The molecule has 1 atom stereocenters. The summed E-state index contributed by atoms with van der Waals surface area (Å²) >= 11 is 0. The maximum Gasteiger partial charge on any atom is 0.106 e. The fourth-order valence-corrected chi connectivity index (χ4v) is 1.52. The number of rotatable bonds is 8. The van der Waals surface area contributed by atoms with E-state index in [0.29, 0.717) is 0 Å². The Kier molecular flexibility index (Phi) is 7.45. The Hall–Kier alpha value is -0.590. The summed E-state index contributed by atoms with van der Waals surface area (Å²) in [4.78, 5) is 0. The third kappa shape index (κ3) is 4.59. The van der Waals surface area contributed by atoms with E-state index < -0.39 is 0 Å². The van der Waals surface area contributed by atoms with Crippen LogP contribution < -0.4 is 5.32 Å². The van der Waals surface area contributed by atoms with E-state index in [2.05, 4.69) is 11.4 Å². The molecule has 0 aliphatic heterocycles. The van der Waals surface area contributed by atoms with Crippen molar-refractivity contribution in [1.82, 2.24) is 5.32 Å². The number of nitrogens with one attached hydrogen (secondary N) is 1. The molecule has 14 heavy (non-hydrogen) atoms. The van der Waals surface area contributed by atoms with E-state index in [1.165, 1.54) is 0 Å². The van der Waals surface area contributed by atoms with Gasteiger partial charge in [-0.2, -0.15) is 5.26 Å². The zero-order valence-corrected chi connectivity index (χ0v) is 9.60. The Morgan fingerprint density at radius 1 is 1.36 bits per heavy atom. The number of ether oxygens (including phenoxy) is 1. The molecule has 0 fully saturated rings. The molecule has 0 saturated carbocycles. The van der Waals surface area contributed by atoms with E-state index in [9.17, 15) is 0 Å². The summed E-state index contributed by atoms with van der Waals surface area (Å²) in [5.74, 6) is 0. The number of hydrogen-bond donors (Lipinski definition) is 1. The van der Waals surface area contributed by atoms with Crippen LogP contribution in [-0.4, -0.2) is 25.3 Å². The lowest BCUT2D eigenvalue weighted by Crippen LogP contribution is -2.43. The van der Waals surface area contributed by atoms with E-state index in [1.807, 2.05) is 20.8 Å². The van der Waals surface area contributed by atoms with Crippen molar-refractivity contribution in [2.24, 2.45) is 0 Å². The van der Waals surface area contributed by atoms with Crippen molar-refractivity contribution in [3.05, 3.63) is 0 Å². The Balaban J connectivity index is 3.90. The van der Waals surface area contributed by atoms with Gasteiger partial charge in [0.25, 0.3) is 0 Å². The van der Waals surface area contributed by atoms with Crippen LogP contribution in [0.2, 0.25) is 0 Å². The Morgan fingerprint density at radius 3 is 2.50 bits per heavy atom. The average molecular weight is 198 g/mol. The molecule has 0 radical (unpaired) electrons. The molecule has 1 unspecified atom stereocenters. The second-order valence-electron chi connectivity index (χ2n) is 3.38. The Morgan fingerprint density at radius 2 is 2.07 bits per heavy atom. The SMILES string of the molecule is CCNC(C#N)(CC)CCCOCC. The molecule has 0 heterocycles. The smallest absolute Gasteiger partial charge is 0.106 e. The quantitative estimate of drug-likeness (QED) is 0.607. The highest BCUT2D eigenvalue weighted by Crippen LogP contribution is 2.16. The predicted molar refractivity (Wildman–Crippen MR) is 58.0 cm³/mol. The van der Waals surface area contributed by atoms with Crippen LogP contribution in [0.5, 0.6) is 0 Å². The lowest BCUT2D eigenvalue weighted by atomic mass is 9.92. The normalized spacial score (nSPS) is 14.7. The van der Waals surface area contributed by atoms with Gasteiger partial charge in [-0.3, -0.25) is 5.32 Å². The molecule has 82 valence electrons. The lowest BCUT2D eigenvalue weighted by molar-refractivity contribution is 0.137. The van der Waals surface area contributed by atoms with Crippen molar-refractivity contribution < 1.29 is 4.74 Å². The molecule has 0 bridgehead atoms. The van der Waals surface area contributed by atoms with E-state index in [-0.39, 0.29) is 5.54 Å². The first-order chi connectivity index (χ1) is 6.74. The highest BCUT2D eigenvalue weighted by Gasteiger charge is 2.25. The summed E-state index contributed by atoms with van der Waals surface area (Å²) < 4.78 is 5.26. The molecule has 0 aliphatic rings. The number of nitriles is 1. The van der Waals surface area contributed by atoms with Gasteiger partial charge in [-0.05, 0) is 32.7 Å². The molecule has 0 amide bonds. The van der Waals surface area contributed by atoms with Crippen LogP contribution in [0.1, 0.15) is 40.0 Å². The van der Waals surface area contributed by atoms with Crippen molar-refractivity contribution in [3.63, 3.8) is 0 Å². The van der Waals surface area contributed by atoms with Crippen LogP contribution in [0.4, 0.5) is 0 Å². The van der Waals surface area contributed by atoms with Crippen molar-refractivity contribution in [2.75, 3.05) is 19.8 Å². The summed E-state index contributed by atoms with van der Waals surface area (Å²) in [5.41, 5.74) is -0.341. The van der Waals surface area contributed by atoms with Crippen LogP contribution in [-0.2, 0) is 4.74 Å². The topological polar surface area (TPSA) is 45.0 Å². The molecule has 0 saturated heterocycles. The highest BCUT2D eigenvalue weighted by molar-refractivity contribution is 5.05. The van der Waals surface area contributed by atoms with Gasteiger partial charge >= 0.3 is 0 Å². The summed E-state index contributed by atoms with van der Waals surface area (Å²) in [6, 6.07) is 2.38. The van der Waals surface area contributed by atoms with Gasteiger partial charge in [0.1, 0.15) is 5.54 Å². The third-order valence-corrected chi connectivity index (χ3v) is 2.43. The number of nitrogens with zero attached hydrogens (tertiary/aromatic N) is 1. The van der Waals surface area contributed by atoms with Crippen LogP contribution in [0.3, 0.4) is 0 Å². The minimum Gasteiger partial charge on any atom is -0.382 e. The molecular weight excluding hydrogens is 176 g/mol. The standard InChI is InChI=1S/C11H22N2O/c1-4-11(10-12,13-5-2)8-7-9-14-6-3/h13H,4-9H2,1-3H3. The highest BCUT2D eigenvalue weighted by atomic mass is 16.5. The first-order valence-corrected chi connectivity index (χ1v) is 5.48. The van der Waals surface area contributed by atoms with E-state index in [0.717, 1.165) is 39.0 Å². The molecule has 0 aliphatic carbocycles. The summed E-state index contributed by atoms with van der Waals surface area (Å²) in [5, 5.41) is 12.4. The minimum atomic E-state index is -0.341. The summed E-state index contributed by atoms with van der Waals surface area (Å²) in [6.45, 7) is 8.42. The second-order valence-corrected chi connectivity index (χ2v) is 3.38. The minimum absolute atomic E-state index is 0.341. The van der Waals surface area contributed by atoms with Crippen molar-refractivity contribution in [2.45, 2.75) is 45.6 Å². The Labute approximate surface area is 87.4 Å². The molecule has 1 N–H and O–H groups in total.